The quantitative estimate of drug-likeness (QED) is 0.540. The van der Waals surface area contributed by atoms with Crippen molar-refractivity contribution in [1.82, 2.24) is 0 Å². The normalized spacial score (nSPS) is 15.1. The van der Waals surface area contributed by atoms with E-state index in [1.807, 2.05) is 61.5 Å². The third kappa shape index (κ3) is 3.67. The average Bonchev–Trinajstić information content (AvgIpc) is 2.77. The zero-order valence-electron chi connectivity index (χ0n) is 15.5. The summed E-state index contributed by atoms with van der Waals surface area (Å²) in [6.07, 6.45) is 0.715. The number of benzene rings is 3. The summed E-state index contributed by atoms with van der Waals surface area (Å²) < 4.78 is 5.66. The van der Waals surface area contributed by atoms with Gasteiger partial charge in [0.25, 0.3) is 5.91 Å². The van der Waals surface area contributed by atoms with Crippen LogP contribution in [-0.4, -0.2) is 5.91 Å². The summed E-state index contributed by atoms with van der Waals surface area (Å²) in [5.74, 6) is 1.29. The molecule has 4 rings (SSSR count). The molecule has 1 aliphatic rings. The summed E-state index contributed by atoms with van der Waals surface area (Å²) >= 11 is 6.30. The van der Waals surface area contributed by atoms with Gasteiger partial charge in [0.1, 0.15) is 5.75 Å². The minimum Gasteiger partial charge on any atom is -0.463 e. The van der Waals surface area contributed by atoms with E-state index in [2.05, 4.69) is 18.0 Å². The number of halogens is 1. The van der Waals surface area contributed by atoms with Crippen molar-refractivity contribution in [3.8, 4) is 5.75 Å². The van der Waals surface area contributed by atoms with Gasteiger partial charge in [-0.3, -0.25) is 4.79 Å². The molecule has 3 aromatic rings. The van der Waals surface area contributed by atoms with Crippen LogP contribution in [0.25, 0.3) is 0 Å². The Morgan fingerprint density at radius 3 is 2.71 bits per heavy atom. The van der Waals surface area contributed by atoms with E-state index in [0.29, 0.717) is 22.8 Å². The maximum absolute atomic E-state index is 12.8. The fourth-order valence-electron chi connectivity index (χ4n) is 3.69. The van der Waals surface area contributed by atoms with E-state index in [1.54, 1.807) is 6.07 Å². The van der Waals surface area contributed by atoms with Gasteiger partial charge >= 0.3 is 0 Å². The Bertz CT molecular complexity index is 1070. The highest BCUT2D eigenvalue weighted by Crippen LogP contribution is 2.39. The van der Waals surface area contributed by atoms with Crippen molar-refractivity contribution in [3.05, 3.63) is 106 Å². The molecule has 1 N–H and O–H groups in total. The lowest BCUT2D eigenvalue weighted by Gasteiger charge is -2.20. The highest BCUT2D eigenvalue weighted by atomic mass is 35.5. The van der Waals surface area contributed by atoms with Gasteiger partial charge in [-0.15, -0.1) is 0 Å². The summed E-state index contributed by atoms with van der Waals surface area (Å²) in [7, 11) is 0. The van der Waals surface area contributed by atoms with E-state index >= 15 is 0 Å². The third-order valence-corrected chi connectivity index (χ3v) is 5.08. The molecule has 0 fully saturated rings. The highest BCUT2D eigenvalue weighted by molar-refractivity contribution is 6.30. The molecule has 1 atom stereocenters. The minimum atomic E-state index is -0.0963. The number of amides is 1. The van der Waals surface area contributed by atoms with Crippen molar-refractivity contribution < 1.29 is 9.53 Å². The molecule has 1 unspecified atom stereocenters. The van der Waals surface area contributed by atoms with Crippen LogP contribution in [0.2, 0.25) is 5.02 Å². The topological polar surface area (TPSA) is 38.3 Å². The predicted molar refractivity (Wildman–Crippen MR) is 113 cm³/mol. The second kappa shape index (κ2) is 7.53. The summed E-state index contributed by atoms with van der Waals surface area (Å²) in [5, 5.41) is 3.67. The lowest BCUT2D eigenvalue weighted by Crippen LogP contribution is -2.12. The van der Waals surface area contributed by atoms with Gasteiger partial charge in [0.15, 0.2) is 0 Å². The van der Waals surface area contributed by atoms with Gasteiger partial charge in [0.2, 0.25) is 0 Å². The Balaban J connectivity index is 1.81. The number of nitrogens with one attached hydrogen (secondary N) is 1. The van der Waals surface area contributed by atoms with Crippen LogP contribution in [0.5, 0.6) is 5.75 Å². The molecule has 0 saturated heterocycles. The van der Waals surface area contributed by atoms with Gasteiger partial charge < -0.3 is 10.1 Å². The molecule has 1 amide bonds. The van der Waals surface area contributed by atoms with E-state index in [-0.39, 0.29) is 11.8 Å². The predicted octanol–water partition coefficient (Wildman–Crippen LogP) is 6.19. The Morgan fingerprint density at radius 1 is 1.07 bits per heavy atom. The molecule has 3 aromatic carbocycles. The van der Waals surface area contributed by atoms with Gasteiger partial charge in [-0.25, -0.2) is 0 Å². The summed E-state index contributed by atoms with van der Waals surface area (Å²) in [5.41, 5.74) is 4.60. The number of fused-ring (bicyclic) bond motifs is 2. The molecule has 1 heterocycles. The lowest BCUT2D eigenvalue weighted by atomic mass is 9.84. The van der Waals surface area contributed by atoms with E-state index in [4.69, 9.17) is 16.3 Å². The van der Waals surface area contributed by atoms with Crippen LogP contribution < -0.4 is 10.1 Å². The molecule has 3 nitrogen and oxygen atoms in total. The lowest BCUT2D eigenvalue weighted by molar-refractivity contribution is 0.102. The van der Waals surface area contributed by atoms with Crippen molar-refractivity contribution in [2.45, 2.75) is 19.3 Å². The second-order valence-corrected chi connectivity index (χ2v) is 7.42. The molecular weight excluding hydrogens is 370 g/mol. The van der Waals surface area contributed by atoms with Crippen molar-refractivity contribution in [2.24, 2.45) is 0 Å². The largest absolute Gasteiger partial charge is 0.463 e. The van der Waals surface area contributed by atoms with Gasteiger partial charge in [0, 0.05) is 22.2 Å². The smallest absolute Gasteiger partial charge is 0.255 e. The van der Waals surface area contributed by atoms with Crippen molar-refractivity contribution in [2.75, 3.05) is 5.32 Å². The Kier molecular flexibility index (Phi) is 4.93. The maximum Gasteiger partial charge on any atom is 0.255 e. The molecule has 1 aliphatic heterocycles. The third-order valence-electron chi connectivity index (χ3n) is 4.85. The van der Waals surface area contributed by atoms with Crippen LogP contribution in [0.3, 0.4) is 0 Å². The van der Waals surface area contributed by atoms with Crippen LogP contribution in [0.1, 0.15) is 39.9 Å². The Morgan fingerprint density at radius 2 is 1.89 bits per heavy atom. The average molecular weight is 390 g/mol. The Hall–Kier alpha value is -3.04. The number of hydrogen-bond acceptors (Lipinski definition) is 2. The minimum absolute atomic E-state index is 0.0103. The Labute approximate surface area is 169 Å². The molecule has 0 aromatic heterocycles. The number of carbonyl (C=O) groups excluding carboxylic acids is 1. The number of carbonyl (C=O) groups is 1. The summed E-state index contributed by atoms with van der Waals surface area (Å²) in [6.45, 7) is 5.63. The van der Waals surface area contributed by atoms with Gasteiger partial charge in [-0.2, -0.15) is 0 Å². The number of rotatable bonds is 4. The van der Waals surface area contributed by atoms with E-state index in [9.17, 15) is 4.79 Å². The van der Waals surface area contributed by atoms with Crippen LogP contribution in [0, 0.1) is 0 Å². The van der Waals surface area contributed by atoms with E-state index in [1.165, 1.54) is 0 Å². The molecular formula is C24H20ClNO2. The van der Waals surface area contributed by atoms with Crippen molar-refractivity contribution in [1.29, 1.82) is 0 Å². The first kappa shape index (κ1) is 18.3. The first-order valence-electron chi connectivity index (χ1n) is 9.13. The van der Waals surface area contributed by atoms with Gasteiger partial charge in [-0.05, 0) is 66.4 Å². The summed E-state index contributed by atoms with van der Waals surface area (Å²) in [6, 6.07) is 21.3. The number of hydrogen-bond donors (Lipinski definition) is 1. The standard InChI is InChI=1S/C24H20ClNO2/c1-15(2)28-18-7-5-6-16(12-18)13-21-19-8-3-4-9-20(19)24(27)26-23-11-10-17(25)14-22(21)23/h3-12,14,21H,1,13H2,2H3,(H,26,27). The van der Waals surface area contributed by atoms with Crippen LogP contribution >= 0.6 is 11.6 Å². The first-order valence-corrected chi connectivity index (χ1v) is 9.51. The molecule has 0 aliphatic carbocycles. The molecule has 0 radical (unpaired) electrons. The van der Waals surface area contributed by atoms with Gasteiger partial charge in [0.05, 0.1) is 5.76 Å². The summed E-state index contributed by atoms with van der Waals surface area (Å²) in [4.78, 5) is 12.8. The zero-order chi connectivity index (χ0) is 19.7. The van der Waals surface area contributed by atoms with Crippen molar-refractivity contribution >= 4 is 23.2 Å². The number of ether oxygens (including phenoxy) is 1. The van der Waals surface area contributed by atoms with Crippen LogP contribution in [-0.2, 0) is 6.42 Å². The van der Waals surface area contributed by atoms with E-state index < -0.39 is 0 Å². The number of allylic oxidation sites excluding steroid dienone is 1. The van der Waals surface area contributed by atoms with Gasteiger partial charge in [-0.1, -0.05) is 48.5 Å². The van der Waals surface area contributed by atoms with E-state index in [0.717, 1.165) is 28.1 Å². The van der Waals surface area contributed by atoms with Crippen LogP contribution in [0.4, 0.5) is 5.69 Å². The maximum atomic E-state index is 12.8. The first-order chi connectivity index (χ1) is 13.5. The molecule has 4 heteroatoms. The molecule has 0 bridgehead atoms. The fraction of sp³-hybridized carbons (Fsp3) is 0.125. The molecule has 28 heavy (non-hydrogen) atoms. The monoisotopic (exact) mass is 389 g/mol. The second-order valence-electron chi connectivity index (χ2n) is 6.98. The molecule has 140 valence electrons. The zero-order valence-corrected chi connectivity index (χ0v) is 16.3. The fourth-order valence-corrected chi connectivity index (χ4v) is 3.87. The molecule has 0 spiro atoms. The molecule has 0 saturated carbocycles. The number of anilines is 1. The van der Waals surface area contributed by atoms with Crippen molar-refractivity contribution in [3.63, 3.8) is 0 Å². The highest BCUT2D eigenvalue weighted by Gasteiger charge is 2.27. The van der Waals surface area contributed by atoms with Crippen LogP contribution in [0.15, 0.2) is 79.1 Å². The SMILES string of the molecule is C=C(C)Oc1cccc(CC2c3cc(Cl)ccc3NC(=O)c3ccccc32)c1.